The molecule has 0 atom stereocenters. The number of aromatic nitrogens is 8. The summed E-state index contributed by atoms with van der Waals surface area (Å²) in [6.07, 6.45) is 0. The lowest BCUT2D eigenvalue weighted by atomic mass is 9.93. The summed E-state index contributed by atoms with van der Waals surface area (Å²) in [6, 6.07) is 166. The first-order chi connectivity index (χ1) is 64.4. The molecule has 0 saturated carbocycles. The highest BCUT2D eigenvalue weighted by atomic mass is 15.0. The van der Waals surface area contributed by atoms with Gasteiger partial charge in [-0.2, -0.15) is 0 Å². The van der Waals surface area contributed by atoms with E-state index >= 15 is 0 Å². The maximum absolute atomic E-state index is 5.39. The van der Waals surface area contributed by atoms with E-state index in [9.17, 15) is 0 Å². The first kappa shape index (κ1) is 74.0. The van der Waals surface area contributed by atoms with Crippen LogP contribution in [0, 0.1) is 0 Å². The zero-order chi connectivity index (χ0) is 85.4. The number of benzene rings is 21. The van der Waals surface area contributed by atoms with Crippen molar-refractivity contribution in [3.8, 4) is 101 Å². The SMILES string of the molecule is c1ccc(-c2cc(-c3ccccc3)cc(-c3nc4ccccc4nc3-c3ccc(-n4c5ccc(-n6c7ccccc7c7c8ccccc8ccc76)cc5c5cc6ccccc6cc54)cc3)c2)cc1.c1ccc(-c2ccc(-c3nc4ccccc4nc3-c3ccc(-n4c5ccc(-n6c7ccccc7c7c8ccccc8ccc76)cc5c5cc6ccccc6cc54)cc3)cc2)cc1. The zero-order valence-corrected chi connectivity index (χ0v) is 70.5. The quantitative estimate of drug-likeness (QED) is 0.129. The van der Waals surface area contributed by atoms with E-state index in [4.69, 9.17) is 19.9 Å². The molecule has 0 fully saturated rings. The Morgan fingerprint density at radius 3 is 0.792 bits per heavy atom. The van der Waals surface area contributed by atoms with Crippen LogP contribution in [0.3, 0.4) is 0 Å². The van der Waals surface area contributed by atoms with Crippen LogP contribution in [0.15, 0.2) is 461 Å². The normalized spacial score (nSPS) is 11.8. The second-order valence-corrected chi connectivity index (χ2v) is 34.0. The Balaban J connectivity index is 0.000000137. The van der Waals surface area contributed by atoms with Crippen molar-refractivity contribution < 1.29 is 0 Å². The minimum absolute atomic E-state index is 0.844. The molecule has 0 unspecified atom stereocenters. The van der Waals surface area contributed by atoms with Crippen LogP contribution >= 0.6 is 0 Å². The number of para-hydroxylation sites is 6. The van der Waals surface area contributed by atoms with Crippen molar-refractivity contribution in [1.82, 2.24) is 38.2 Å². The van der Waals surface area contributed by atoms with Crippen molar-refractivity contribution in [2.24, 2.45) is 0 Å². The van der Waals surface area contributed by atoms with Crippen LogP contribution in [0.25, 0.3) is 254 Å². The molecule has 8 heteroatoms. The summed E-state index contributed by atoms with van der Waals surface area (Å²) in [5.41, 5.74) is 31.8. The second-order valence-electron chi connectivity index (χ2n) is 34.0. The standard InChI is InChI=1S/C64H40N4.C58H36N4/c1-3-15-41(16-4-1)47-35-48(42-17-5-2-6-18-42)37-49(36-47)64-63(65-56-24-12-13-25-57(56)66-64)44-27-30-50(31-28-44)67-59-34-32-51(40-55(59)54-38-45-20-7-8-21-46(45)39-61(54)67)68-58-26-14-11-23-53(58)62-52-22-10-9-19-43(52)29-33-60(62)68;1-2-12-37(13-3-1)38-22-24-40(25-23-38)57-58(60-51-20-10-9-19-50(51)59-57)41-26-29-44(30-27-41)61-53-33-31-45(36-49(53)48-34-42-15-4-5-16-43(42)35-55(48)61)62-52-21-11-8-18-47(52)56-46-17-7-6-14-39(46)28-32-54(56)62/h1-40H;1-36H. The lowest BCUT2D eigenvalue weighted by Gasteiger charge is -2.15. The summed E-state index contributed by atoms with van der Waals surface area (Å²) >= 11 is 0. The Labute approximate surface area is 747 Å². The minimum Gasteiger partial charge on any atom is -0.309 e. The van der Waals surface area contributed by atoms with E-state index in [1.165, 1.54) is 125 Å². The summed E-state index contributed by atoms with van der Waals surface area (Å²) in [6.45, 7) is 0. The summed E-state index contributed by atoms with van der Waals surface area (Å²) in [5.74, 6) is 0. The van der Waals surface area contributed by atoms with Crippen LogP contribution in [0.2, 0.25) is 0 Å². The molecule has 8 nitrogen and oxygen atoms in total. The molecule has 0 aliphatic carbocycles. The van der Waals surface area contributed by atoms with Crippen LogP contribution in [-0.2, 0) is 0 Å². The predicted molar refractivity (Wildman–Crippen MR) is 545 cm³/mol. The van der Waals surface area contributed by atoms with Gasteiger partial charge in [0.15, 0.2) is 0 Å². The fraction of sp³-hybridized carbons (Fsp3) is 0. The Morgan fingerprint density at radius 1 is 0.131 bits per heavy atom. The molecule has 27 aromatic rings. The van der Waals surface area contributed by atoms with Gasteiger partial charge in [0.25, 0.3) is 0 Å². The van der Waals surface area contributed by atoms with E-state index in [-0.39, 0.29) is 0 Å². The van der Waals surface area contributed by atoms with Crippen LogP contribution in [0.5, 0.6) is 0 Å². The lowest BCUT2D eigenvalue weighted by Crippen LogP contribution is -1.98. The van der Waals surface area contributed by atoms with Crippen LogP contribution in [-0.4, -0.2) is 38.2 Å². The van der Waals surface area contributed by atoms with Gasteiger partial charge < -0.3 is 18.3 Å². The van der Waals surface area contributed by atoms with Crippen molar-refractivity contribution in [2.45, 2.75) is 0 Å². The van der Waals surface area contributed by atoms with Crippen molar-refractivity contribution in [3.05, 3.63) is 461 Å². The van der Waals surface area contributed by atoms with E-state index in [1.54, 1.807) is 0 Å². The fourth-order valence-corrected chi connectivity index (χ4v) is 20.4. The summed E-state index contributed by atoms with van der Waals surface area (Å²) in [5, 5.41) is 19.8. The van der Waals surface area contributed by atoms with Crippen LogP contribution in [0.4, 0.5) is 0 Å². The molecule has 0 N–H and O–H groups in total. The van der Waals surface area contributed by atoms with E-state index < -0.39 is 0 Å². The Kier molecular flexibility index (Phi) is 17.2. The first-order valence-corrected chi connectivity index (χ1v) is 44.4. The number of nitrogens with zero attached hydrogens (tertiary/aromatic N) is 8. The van der Waals surface area contributed by atoms with Gasteiger partial charge in [-0.25, -0.2) is 19.9 Å². The average molecular weight is 1650 g/mol. The Morgan fingerprint density at radius 2 is 0.392 bits per heavy atom. The maximum Gasteiger partial charge on any atom is 0.0973 e. The second kappa shape index (κ2) is 30.2. The molecule has 0 amide bonds. The highest BCUT2D eigenvalue weighted by Crippen LogP contribution is 2.46. The minimum atomic E-state index is 0.844. The highest BCUT2D eigenvalue weighted by molar-refractivity contribution is 6.24. The van der Waals surface area contributed by atoms with Gasteiger partial charge in [0.05, 0.1) is 89.0 Å². The predicted octanol–water partition coefficient (Wildman–Crippen LogP) is 31.9. The van der Waals surface area contributed by atoms with Gasteiger partial charge in [0, 0.05) is 88.1 Å². The van der Waals surface area contributed by atoms with Gasteiger partial charge in [-0.1, -0.05) is 309 Å². The fourth-order valence-electron chi connectivity index (χ4n) is 20.4. The molecule has 0 radical (unpaired) electrons. The third-order valence-electron chi connectivity index (χ3n) is 26.5. The molecule has 6 heterocycles. The van der Waals surface area contributed by atoms with Crippen molar-refractivity contribution in [3.63, 3.8) is 0 Å². The van der Waals surface area contributed by atoms with Gasteiger partial charge in [-0.15, -0.1) is 0 Å². The van der Waals surface area contributed by atoms with Gasteiger partial charge in [-0.05, 0) is 228 Å². The first-order valence-electron chi connectivity index (χ1n) is 44.4. The van der Waals surface area contributed by atoms with E-state index in [1.807, 2.05) is 42.5 Å². The number of rotatable bonds is 11. The Hall–Kier alpha value is -17.5. The molecular formula is C122H76N8. The van der Waals surface area contributed by atoms with Gasteiger partial charge in [0.2, 0.25) is 0 Å². The number of fused-ring (bicyclic) bond motifs is 20. The highest BCUT2D eigenvalue weighted by Gasteiger charge is 2.25. The van der Waals surface area contributed by atoms with Crippen molar-refractivity contribution >= 4 is 152 Å². The molecule has 21 aromatic carbocycles. The summed E-state index contributed by atoms with van der Waals surface area (Å²) in [4.78, 5) is 21.2. The smallest absolute Gasteiger partial charge is 0.0973 e. The molecule has 604 valence electrons. The van der Waals surface area contributed by atoms with Gasteiger partial charge in [0.1, 0.15) is 0 Å². The molecule has 6 aromatic heterocycles. The van der Waals surface area contributed by atoms with E-state index in [0.29, 0.717) is 0 Å². The molecule has 0 aliphatic heterocycles. The van der Waals surface area contributed by atoms with Crippen LogP contribution in [0.1, 0.15) is 0 Å². The van der Waals surface area contributed by atoms with Crippen molar-refractivity contribution in [1.29, 1.82) is 0 Å². The molecule has 0 spiro atoms. The lowest BCUT2D eigenvalue weighted by molar-refractivity contribution is 1.17. The topological polar surface area (TPSA) is 71.3 Å². The monoisotopic (exact) mass is 1650 g/mol. The maximum atomic E-state index is 5.39. The van der Waals surface area contributed by atoms with Crippen LogP contribution < -0.4 is 0 Å². The van der Waals surface area contributed by atoms with Crippen molar-refractivity contribution in [2.75, 3.05) is 0 Å². The summed E-state index contributed by atoms with van der Waals surface area (Å²) in [7, 11) is 0. The van der Waals surface area contributed by atoms with Gasteiger partial charge in [-0.3, -0.25) is 0 Å². The molecular weight excluding hydrogens is 1580 g/mol. The third-order valence-corrected chi connectivity index (χ3v) is 26.5. The Bertz CT molecular complexity index is 9210. The molecule has 0 bridgehead atoms. The average Bonchev–Trinajstić information content (AvgIpc) is 1.56. The number of hydrogen-bond acceptors (Lipinski definition) is 4. The molecule has 0 saturated heterocycles. The summed E-state index contributed by atoms with van der Waals surface area (Å²) < 4.78 is 9.72. The third kappa shape index (κ3) is 12.3. The molecule has 130 heavy (non-hydrogen) atoms. The van der Waals surface area contributed by atoms with E-state index in [2.05, 4.69) is 437 Å². The van der Waals surface area contributed by atoms with E-state index in [0.717, 1.165) is 129 Å². The molecule has 27 rings (SSSR count). The largest absolute Gasteiger partial charge is 0.309 e. The number of hydrogen-bond donors (Lipinski definition) is 0. The molecule has 0 aliphatic rings. The van der Waals surface area contributed by atoms with Gasteiger partial charge >= 0.3 is 0 Å². The zero-order valence-electron chi connectivity index (χ0n) is 70.5.